The van der Waals surface area contributed by atoms with E-state index in [1.165, 1.54) is 25.2 Å². The van der Waals surface area contributed by atoms with E-state index >= 15 is 0 Å². The van der Waals surface area contributed by atoms with Gasteiger partial charge in [0.2, 0.25) is 5.91 Å². The highest BCUT2D eigenvalue weighted by molar-refractivity contribution is 7.13. The Balaban J connectivity index is 0.00000819. The van der Waals surface area contributed by atoms with Crippen molar-refractivity contribution in [2.75, 3.05) is 34.3 Å². The van der Waals surface area contributed by atoms with Gasteiger partial charge in [0.1, 0.15) is 28.8 Å². The van der Waals surface area contributed by atoms with Crippen molar-refractivity contribution in [2.45, 2.75) is 198 Å². The predicted octanol–water partition coefficient (Wildman–Crippen LogP) is 7.60. The predicted molar refractivity (Wildman–Crippen MR) is 256 cm³/mol. The number of esters is 1. The number of hydrogen-bond acceptors (Lipinski definition) is 15. The molecule has 0 radical (unpaired) electrons. The maximum Gasteiger partial charge on any atom is 0.410 e. The quantitative estimate of drug-likeness (QED) is 0.132. The minimum atomic E-state index is -1.39. The second-order valence-corrected chi connectivity index (χ2v) is 18.6. The van der Waals surface area contributed by atoms with Crippen LogP contribution in [0, 0.1) is 17.8 Å². The molecule has 3 fully saturated rings. The first-order valence-corrected chi connectivity index (χ1v) is 22.2. The van der Waals surface area contributed by atoms with Gasteiger partial charge in [0.05, 0.1) is 36.1 Å². The normalized spacial score (nSPS) is 33.3. The van der Waals surface area contributed by atoms with E-state index in [4.69, 9.17) is 23.7 Å². The molecule has 0 bridgehead atoms. The van der Waals surface area contributed by atoms with Crippen LogP contribution in [0.1, 0.15) is 132 Å². The molecule has 13 atom stereocenters. The summed E-state index contributed by atoms with van der Waals surface area (Å²) in [6, 6.07) is -1.58. The number of rotatable bonds is 11. The lowest BCUT2D eigenvalue weighted by Gasteiger charge is -2.47. The molecule has 18 heteroatoms. The maximum atomic E-state index is 14.5. The number of carbonyl (C=O) groups excluding carboxylic acids is 4. The number of fused-ring (bicyclic) bond motifs is 1. The second-order valence-electron chi connectivity index (χ2n) is 17.7. The Morgan fingerprint density at radius 2 is 1.68 bits per heavy atom. The largest absolute Gasteiger partial charge is 0.458 e. The fourth-order valence-electron chi connectivity index (χ4n) is 9.62. The van der Waals surface area contributed by atoms with E-state index in [2.05, 4.69) is 15.3 Å². The maximum absolute atomic E-state index is 14.5. The van der Waals surface area contributed by atoms with Crippen LogP contribution >= 0.6 is 11.3 Å². The van der Waals surface area contributed by atoms with Crippen LogP contribution in [-0.4, -0.2) is 158 Å². The van der Waals surface area contributed by atoms with Gasteiger partial charge >= 0.3 is 12.1 Å². The van der Waals surface area contributed by atoms with Gasteiger partial charge < -0.3 is 38.6 Å². The molecule has 2 aromatic rings. The third-order valence-electron chi connectivity index (χ3n) is 12.9. The van der Waals surface area contributed by atoms with E-state index in [-0.39, 0.29) is 74.1 Å². The van der Waals surface area contributed by atoms with E-state index in [1.54, 1.807) is 41.6 Å². The molecule has 0 saturated carbocycles. The highest BCUT2D eigenvalue weighted by Gasteiger charge is 2.60. The number of thiazole rings is 1. The van der Waals surface area contributed by atoms with Crippen LogP contribution in [0.4, 0.5) is 4.79 Å². The zero-order valence-electron chi connectivity index (χ0n) is 37.4. The molecule has 1 N–H and O–H groups in total. The van der Waals surface area contributed by atoms with Crippen molar-refractivity contribution >= 4 is 35.1 Å². The Morgan fingerprint density at radius 1 is 1.03 bits per heavy atom. The number of methoxy groups -OCH3 is 1. The number of likely N-dealkylation sites (N-methyl/N-ethyl adjacent to an activating group) is 1. The van der Waals surface area contributed by atoms with Crippen LogP contribution in [0.3, 0.4) is 0 Å². The number of Topliss-reactive ketones (excluding diaryl/α,β-unsaturated/α-hetero) is 1. The number of aromatic nitrogens is 4. The van der Waals surface area contributed by atoms with Gasteiger partial charge in [-0.25, -0.2) is 9.78 Å². The Morgan fingerprint density at radius 3 is 2.25 bits per heavy atom. The summed E-state index contributed by atoms with van der Waals surface area (Å²) in [5.41, 5.74) is -1.86. The van der Waals surface area contributed by atoms with Gasteiger partial charge in [-0.1, -0.05) is 63.1 Å². The minimum absolute atomic E-state index is 0. The fraction of sp³-hybridized carbons (Fsp3) is 0.809. The van der Waals surface area contributed by atoms with Crippen LogP contribution < -0.4 is 0 Å². The van der Waals surface area contributed by atoms with Crippen molar-refractivity contribution in [3.05, 3.63) is 17.8 Å². The molecular formula is C47H87N7O10S. The van der Waals surface area contributed by atoms with E-state index in [1.807, 2.05) is 65.2 Å². The van der Waals surface area contributed by atoms with Crippen LogP contribution in [0.15, 0.2) is 17.8 Å². The van der Waals surface area contributed by atoms with E-state index in [9.17, 15) is 24.3 Å². The third kappa shape index (κ3) is 13.3. The number of hydrogen-bond donors (Lipinski definition) is 1. The number of ketones is 1. The first-order chi connectivity index (χ1) is 28.3. The van der Waals surface area contributed by atoms with Crippen molar-refractivity contribution in [1.29, 1.82) is 0 Å². The Kier molecular flexibility index (Phi) is 24.2. The molecule has 5 rings (SSSR count). The topological polar surface area (TPSA) is 188 Å². The summed E-state index contributed by atoms with van der Waals surface area (Å²) in [6.45, 7) is 17.1. The summed E-state index contributed by atoms with van der Waals surface area (Å²) in [4.78, 5) is 65.9. The number of carbonyl (C=O) groups is 4. The van der Waals surface area contributed by atoms with Crippen LogP contribution in [0.25, 0.3) is 10.7 Å². The van der Waals surface area contributed by atoms with Crippen molar-refractivity contribution in [2.24, 2.45) is 17.8 Å². The van der Waals surface area contributed by atoms with Crippen LogP contribution in [0.5, 0.6) is 0 Å². The van der Waals surface area contributed by atoms with Gasteiger partial charge in [0.15, 0.2) is 17.7 Å². The van der Waals surface area contributed by atoms with Gasteiger partial charge in [-0.05, 0) is 86.7 Å². The summed E-state index contributed by atoms with van der Waals surface area (Å²) in [7, 11) is 5.31. The summed E-state index contributed by atoms with van der Waals surface area (Å²) in [5, 5.41) is 22.6. The monoisotopic (exact) mass is 942 g/mol. The molecule has 3 unspecified atom stereocenters. The van der Waals surface area contributed by atoms with E-state index < -0.39 is 77.6 Å². The molecule has 0 aliphatic carbocycles. The number of aliphatic hydroxyl groups is 1. The number of aliphatic hydroxyl groups excluding tert-OH is 1. The summed E-state index contributed by atoms with van der Waals surface area (Å²) >= 11 is 1.48. The van der Waals surface area contributed by atoms with Crippen molar-refractivity contribution in [3.63, 3.8) is 0 Å². The molecule has 3 aliphatic rings. The highest BCUT2D eigenvalue weighted by atomic mass is 32.1. The fourth-order valence-corrected chi connectivity index (χ4v) is 10.2. The van der Waals surface area contributed by atoms with Crippen molar-refractivity contribution in [3.8, 4) is 10.7 Å². The molecule has 5 heterocycles. The van der Waals surface area contributed by atoms with Gasteiger partial charge in [-0.2, -0.15) is 0 Å². The van der Waals surface area contributed by atoms with E-state index in [0.29, 0.717) is 44.5 Å². The standard InChI is InChI=1S/C42H67N7O10S.5CH4/c1-13-32-42(9)35(48(40(54)59-42)18-15-14-17-47-23-30(44-45-47)37-43-16-19-60-37)28(6)49(29(7)50)22-24(2)21-41(8,55-12)36(26(4)33(51)27(5)38(53)57-32)58-39-34(52)31(46(10)11)20-25(3)56-39;;;;;/h16,19,23-28,31-32,34-36,39,52H,13-15,17-18,20-22H2,1-12H3;5*1H4/t24-,25?,26-,27-,28-,31?,32-,34?,35-,36-,39+,41-,42-;;;;;/m1...../s1. The molecule has 2 aromatic heterocycles. The van der Waals surface area contributed by atoms with Gasteiger partial charge in [0, 0.05) is 57.2 Å². The number of cyclic esters (lactones) is 1. The van der Waals surface area contributed by atoms with Crippen molar-refractivity contribution in [1.82, 2.24) is 34.7 Å². The number of unbranched alkanes of at least 4 members (excludes halogenated alkanes) is 1. The lowest BCUT2D eigenvalue weighted by molar-refractivity contribution is -0.295. The number of amides is 2. The van der Waals surface area contributed by atoms with E-state index in [0.717, 1.165) is 5.01 Å². The van der Waals surface area contributed by atoms with Gasteiger partial charge in [-0.15, -0.1) is 16.4 Å². The number of ether oxygens (including phenoxy) is 5. The first kappa shape index (κ1) is 61.5. The zero-order chi connectivity index (χ0) is 44.3. The summed E-state index contributed by atoms with van der Waals surface area (Å²) in [6.07, 6.45) is 1.08. The Bertz CT molecular complexity index is 1780. The van der Waals surface area contributed by atoms with Gasteiger partial charge in [0.25, 0.3) is 0 Å². The first-order valence-electron chi connectivity index (χ1n) is 21.3. The molecule has 3 saturated heterocycles. The molecular weight excluding hydrogens is 855 g/mol. The smallest absolute Gasteiger partial charge is 0.410 e. The van der Waals surface area contributed by atoms with Crippen LogP contribution in [0.2, 0.25) is 0 Å². The average Bonchev–Trinajstić information content (AvgIpc) is 3.96. The van der Waals surface area contributed by atoms with Gasteiger partial charge in [-0.3, -0.25) is 24.0 Å². The third-order valence-corrected chi connectivity index (χ3v) is 13.7. The number of aryl methyl sites for hydroxylation is 1. The second kappa shape index (κ2) is 25.5. The molecule has 0 aromatic carbocycles. The summed E-state index contributed by atoms with van der Waals surface area (Å²) < 4.78 is 33.3. The Hall–Kier alpha value is -3.55. The Labute approximate surface area is 395 Å². The molecule has 2 amide bonds. The van der Waals surface area contributed by atoms with Crippen LogP contribution in [-0.2, 0) is 44.6 Å². The minimum Gasteiger partial charge on any atom is -0.458 e. The highest BCUT2D eigenvalue weighted by Crippen LogP contribution is 2.41. The average molecular weight is 942 g/mol. The zero-order valence-corrected chi connectivity index (χ0v) is 38.2. The van der Waals surface area contributed by atoms with Crippen molar-refractivity contribution < 1.29 is 48.0 Å². The lowest BCUT2D eigenvalue weighted by Crippen LogP contribution is -2.62. The lowest BCUT2D eigenvalue weighted by atomic mass is 9.78. The molecule has 0 spiro atoms. The SMILES string of the molecule is C.C.C.C.C.CC[C@H]1OC(=O)[C@H](C)C(=O)[C@@H](C)[C@@H](O[C@@H]2OC(C)CC(N(C)C)C2O)[C@](C)(OC)C[C@@H](C)CN(C(C)=O)[C@H](C)[C@H]2N(CCCCn3cc(-c4nccs4)nn3)C(=O)O[C@]12C. The molecule has 376 valence electrons. The molecule has 17 nitrogen and oxygen atoms in total. The molecule has 65 heavy (non-hydrogen) atoms. The number of nitrogens with zero attached hydrogens (tertiary/aromatic N) is 7. The summed E-state index contributed by atoms with van der Waals surface area (Å²) in [5.74, 6) is -3.81. The molecule has 3 aliphatic heterocycles.